The molecule has 0 bridgehead atoms. The monoisotopic (exact) mass is 583 g/mol. The van der Waals surface area contributed by atoms with E-state index in [1.165, 1.54) is 0 Å². The smallest absolute Gasteiger partial charge is 0.258 e. The van der Waals surface area contributed by atoms with Crippen molar-refractivity contribution in [3.8, 4) is 0 Å². The lowest BCUT2D eigenvalue weighted by Crippen LogP contribution is -2.53. The Labute approximate surface area is 250 Å². The molecule has 1 N–H and O–H groups in total. The molecule has 2 amide bonds. The van der Waals surface area contributed by atoms with Crippen molar-refractivity contribution < 1.29 is 14.1 Å². The first-order valence-corrected chi connectivity index (χ1v) is 14.6. The van der Waals surface area contributed by atoms with Crippen molar-refractivity contribution in [3.05, 3.63) is 105 Å². The van der Waals surface area contributed by atoms with Gasteiger partial charge in [0.15, 0.2) is 0 Å². The third-order valence-electron chi connectivity index (χ3n) is 8.47. The van der Waals surface area contributed by atoms with E-state index in [4.69, 9.17) is 16.1 Å². The number of hydrogen-bond acceptors (Lipinski definition) is 6. The summed E-state index contributed by atoms with van der Waals surface area (Å²) < 4.78 is 5.18. The van der Waals surface area contributed by atoms with Gasteiger partial charge in [-0.05, 0) is 62.2 Å². The Kier molecular flexibility index (Phi) is 7.51. The van der Waals surface area contributed by atoms with Crippen LogP contribution in [0.15, 0.2) is 71.3 Å². The molecule has 216 valence electrons. The Bertz CT molecular complexity index is 1650. The highest BCUT2D eigenvalue weighted by atomic mass is 35.5. The Balaban J connectivity index is 1.21. The molecule has 2 atom stereocenters. The van der Waals surface area contributed by atoms with Gasteiger partial charge >= 0.3 is 0 Å². The van der Waals surface area contributed by atoms with Crippen LogP contribution >= 0.6 is 11.6 Å². The molecule has 0 spiro atoms. The summed E-state index contributed by atoms with van der Waals surface area (Å²) in [4.78, 5) is 32.7. The summed E-state index contributed by atoms with van der Waals surface area (Å²) in [6.45, 7) is 8.19. The van der Waals surface area contributed by atoms with Gasteiger partial charge < -0.3 is 19.6 Å². The summed E-state index contributed by atoms with van der Waals surface area (Å²) in [5, 5.41) is 7.46. The van der Waals surface area contributed by atoms with Gasteiger partial charge in [0, 0.05) is 55.2 Å². The van der Waals surface area contributed by atoms with E-state index in [9.17, 15) is 9.59 Å². The number of carbonyl (C=O) groups excluding carboxylic acids is 2. The average Bonchev–Trinajstić information content (AvgIpc) is 3.25. The van der Waals surface area contributed by atoms with E-state index in [1.807, 2.05) is 62.5 Å². The number of para-hydroxylation sites is 1. The molecule has 3 aromatic carbocycles. The summed E-state index contributed by atoms with van der Waals surface area (Å²) in [5.41, 5.74) is 6.95. The highest BCUT2D eigenvalue weighted by Crippen LogP contribution is 2.41. The minimum absolute atomic E-state index is 0.0119. The Hall–Kier alpha value is -4.14. The summed E-state index contributed by atoms with van der Waals surface area (Å²) in [6, 6.07) is 22.0. The normalized spacial score (nSPS) is 18.8. The maximum absolute atomic E-state index is 13.4. The van der Waals surface area contributed by atoms with Crippen molar-refractivity contribution in [1.29, 1.82) is 0 Å². The van der Waals surface area contributed by atoms with Crippen LogP contribution in [0.4, 0.5) is 17.1 Å². The third kappa shape index (κ3) is 5.05. The van der Waals surface area contributed by atoms with Crippen LogP contribution in [0, 0.1) is 13.8 Å². The molecule has 2 aliphatic rings. The molecule has 6 rings (SSSR count). The van der Waals surface area contributed by atoms with Gasteiger partial charge in [-0.15, -0.1) is 0 Å². The van der Waals surface area contributed by atoms with Crippen LogP contribution < -0.4 is 15.1 Å². The fraction of sp³-hybridized carbons (Fsp3) is 0.303. The maximum atomic E-state index is 13.4. The number of nitrogens with zero attached hydrogens (tertiary/aromatic N) is 4. The zero-order valence-electron chi connectivity index (χ0n) is 24.2. The lowest BCUT2D eigenvalue weighted by molar-refractivity contribution is -0.115. The summed E-state index contributed by atoms with van der Waals surface area (Å²) in [6.07, 6.45) is 0.189. The van der Waals surface area contributed by atoms with Gasteiger partial charge in [-0.1, -0.05) is 53.2 Å². The predicted octanol–water partition coefficient (Wildman–Crippen LogP) is 6.02. The molecule has 2 unspecified atom stereocenters. The lowest BCUT2D eigenvalue weighted by Gasteiger charge is -2.45. The molecule has 4 aromatic rings. The number of amides is 2. The first-order chi connectivity index (χ1) is 20.2. The van der Waals surface area contributed by atoms with E-state index in [2.05, 4.69) is 39.3 Å². The van der Waals surface area contributed by atoms with Crippen LogP contribution in [-0.2, 0) is 11.2 Å². The van der Waals surface area contributed by atoms with E-state index >= 15 is 0 Å². The van der Waals surface area contributed by atoms with Gasteiger partial charge in [0.25, 0.3) is 5.91 Å². The van der Waals surface area contributed by atoms with Crippen LogP contribution in [0.25, 0.3) is 0 Å². The van der Waals surface area contributed by atoms with Crippen molar-refractivity contribution in [2.75, 3.05) is 41.8 Å². The van der Waals surface area contributed by atoms with Crippen molar-refractivity contribution in [1.82, 2.24) is 10.1 Å². The molecular weight excluding hydrogens is 550 g/mol. The van der Waals surface area contributed by atoms with Gasteiger partial charge in [0.2, 0.25) is 5.91 Å². The van der Waals surface area contributed by atoms with Crippen LogP contribution in [0.3, 0.4) is 0 Å². The Morgan fingerprint density at radius 1 is 1.02 bits per heavy atom. The van der Waals surface area contributed by atoms with Crippen LogP contribution in [0.5, 0.6) is 0 Å². The van der Waals surface area contributed by atoms with Crippen molar-refractivity contribution in [2.24, 2.45) is 0 Å². The van der Waals surface area contributed by atoms with Gasteiger partial charge in [-0.3, -0.25) is 14.5 Å². The number of aryl methyl sites for hydroxylation is 2. The summed E-state index contributed by atoms with van der Waals surface area (Å²) >= 11 is 6.80. The van der Waals surface area contributed by atoms with Gasteiger partial charge in [-0.2, -0.15) is 0 Å². The third-order valence-corrected chi connectivity index (χ3v) is 8.77. The van der Waals surface area contributed by atoms with Gasteiger partial charge in [0.05, 0.1) is 28.9 Å². The average molecular weight is 584 g/mol. The molecule has 1 fully saturated rings. The van der Waals surface area contributed by atoms with Gasteiger partial charge in [-0.25, -0.2) is 0 Å². The largest absolute Gasteiger partial charge is 0.365 e. The molecule has 3 heterocycles. The minimum Gasteiger partial charge on any atom is -0.365 e. The number of nitrogens with one attached hydrogen (secondary N) is 1. The topological polar surface area (TPSA) is 81.9 Å². The zero-order chi connectivity index (χ0) is 29.5. The molecule has 0 radical (unpaired) electrons. The molecule has 1 aromatic heterocycles. The number of piperazine rings is 1. The predicted molar refractivity (Wildman–Crippen MR) is 166 cm³/mol. The first-order valence-electron chi connectivity index (χ1n) is 14.2. The van der Waals surface area contributed by atoms with Crippen LogP contribution in [0.2, 0.25) is 5.02 Å². The van der Waals surface area contributed by atoms with E-state index in [0.717, 1.165) is 59.0 Å². The summed E-state index contributed by atoms with van der Waals surface area (Å²) in [5.74, 6) is 0.514. The second kappa shape index (κ2) is 11.3. The maximum Gasteiger partial charge on any atom is 0.258 e. The van der Waals surface area contributed by atoms with E-state index in [0.29, 0.717) is 16.5 Å². The lowest BCUT2D eigenvalue weighted by atomic mass is 9.92. The fourth-order valence-electron chi connectivity index (χ4n) is 6.32. The Morgan fingerprint density at radius 2 is 1.76 bits per heavy atom. The fourth-order valence-corrected chi connectivity index (χ4v) is 6.61. The highest BCUT2D eigenvalue weighted by molar-refractivity contribution is 6.33. The number of aromatic nitrogens is 1. The number of rotatable bonds is 5. The number of carbonyl (C=O) groups is 2. The minimum atomic E-state index is -0.150. The quantitative estimate of drug-likeness (QED) is 0.310. The molecular formula is C33H34ClN5O3. The second-order valence-corrected chi connectivity index (χ2v) is 11.6. The second-order valence-electron chi connectivity index (χ2n) is 11.1. The molecule has 8 nitrogen and oxygen atoms in total. The number of halogens is 1. The zero-order valence-corrected chi connectivity index (χ0v) is 25.0. The summed E-state index contributed by atoms with van der Waals surface area (Å²) in [7, 11) is 1.85. The molecule has 42 heavy (non-hydrogen) atoms. The first kappa shape index (κ1) is 28.0. The number of fused-ring (bicyclic) bond motifs is 2. The van der Waals surface area contributed by atoms with Crippen LogP contribution in [-0.4, -0.2) is 54.6 Å². The number of benzene rings is 3. The highest BCUT2D eigenvalue weighted by Gasteiger charge is 2.37. The van der Waals surface area contributed by atoms with E-state index < -0.39 is 0 Å². The van der Waals surface area contributed by atoms with E-state index in [1.54, 1.807) is 17.9 Å². The molecule has 2 aliphatic heterocycles. The van der Waals surface area contributed by atoms with Crippen molar-refractivity contribution >= 4 is 40.5 Å². The van der Waals surface area contributed by atoms with Crippen LogP contribution in [0.1, 0.15) is 51.5 Å². The standard InChI is InChI=1S/C33H34ClN5O3/c1-20-19-38(32-24-9-5-6-10-25(24)33(41)37(4)29-12-8-7-11-26(29)32)15-16-39(20)30-14-13-23(17-28(30)34)35-31(40)18-27-21(2)36-42-22(27)3/h5-14,17,20,32H,15-16,18-19H2,1-4H3,(H,35,40). The molecule has 1 saturated heterocycles. The van der Waals surface area contributed by atoms with Crippen molar-refractivity contribution in [2.45, 2.75) is 39.3 Å². The number of hydrogen-bond donors (Lipinski definition) is 1. The number of anilines is 3. The van der Waals surface area contributed by atoms with Crippen molar-refractivity contribution in [3.63, 3.8) is 0 Å². The van der Waals surface area contributed by atoms with Gasteiger partial charge in [0.1, 0.15) is 5.76 Å². The Morgan fingerprint density at radius 3 is 2.48 bits per heavy atom. The molecule has 0 saturated carbocycles. The molecule has 0 aliphatic carbocycles. The molecule has 9 heteroatoms. The SMILES string of the molecule is Cc1noc(C)c1CC(=O)Nc1ccc(N2CCN(C3c4ccccc4C(=O)N(C)c4ccccc43)CC2C)c(Cl)c1. The van der Waals surface area contributed by atoms with E-state index in [-0.39, 0.29) is 30.3 Å².